The molecule has 1 aromatic rings. The fourth-order valence-electron chi connectivity index (χ4n) is 3.34. The van der Waals surface area contributed by atoms with E-state index in [1.807, 2.05) is 0 Å². The zero-order chi connectivity index (χ0) is 16.3. The Kier molecular flexibility index (Phi) is 5.35. The molecule has 1 heterocycles. The van der Waals surface area contributed by atoms with Crippen molar-refractivity contribution in [1.82, 2.24) is 10.2 Å². The molecule has 0 radical (unpaired) electrons. The van der Waals surface area contributed by atoms with Crippen molar-refractivity contribution in [2.75, 3.05) is 33.9 Å². The summed E-state index contributed by atoms with van der Waals surface area (Å²) in [6, 6.07) is 4.21. The third-order valence-electron chi connectivity index (χ3n) is 4.28. The summed E-state index contributed by atoms with van der Waals surface area (Å²) < 4.78 is 11.3. The van der Waals surface area contributed by atoms with E-state index in [1.54, 1.807) is 14.2 Å². The lowest BCUT2D eigenvalue weighted by Crippen LogP contribution is -2.56. The van der Waals surface area contributed by atoms with Crippen molar-refractivity contribution in [1.29, 1.82) is 0 Å². The standard InChI is InChI=1S/C18H30N2O2/c1-13(2)16-15(21-5)8-7-14(17(16)22-6)11-20-10-9-19-18(3,4)12-20/h7-8,13,19H,9-12H2,1-6H3. The first kappa shape index (κ1) is 17.1. The van der Waals surface area contributed by atoms with Gasteiger partial charge in [-0.2, -0.15) is 0 Å². The molecule has 0 atom stereocenters. The normalized spacial score (nSPS) is 18.5. The average molecular weight is 306 g/mol. The molecule has 0 aliphatic carbocycles. The molecule has 1 aliphatic heterocycles. The minimum atomic E-state index is 0.166. The van der Waals surface area contributed by atoms with Gasteiger partial charge in [-0.3, -0.25) is 4.90 Å². The maximum atomic E-state index is 5.75. The molecule has 1 saturated heterocycles. The number of methoxy groups -OCH3 is 2. The molecule has 22 heavy (non-hydrogen) atoms. The Morgan fingerprint density at radius 2 is 1.95 bits per heavy atom. The van der Waals surface area contributed by atoms with Gasteiger partial charge in [0.2, 0.25) is 0 Å². The van der Waals surface area contributed by atoms with Crippen LogP contribution in [-0.2, 0) is 6.54 Å². The van der Waals surface area contributed by atoms with Crippen LogP contribution in [0.15, 0.2) is 12.1 Å². The summed E-state index contributed by atoms with van der Waals surface area (Å²) in [5, 5.41) is 3.56. The number of nitrogens with one attached hydrogen (secondary N) is 1. The Balaban J connectivity index is 2.29. The third-order valence-corrected chi connectivity index (χ3v) is 4.28. The summed E-state index contributed by atoms with van der Waals surface area (Å²) in [7, 11) is 3.48. The smallest absolute Gasteiger partial charge is 0.130 e. The summed E-state index contributed by atoms with van der Waals surface area (Å²) in [5.74, 6) is 2.26. The van der Waals surface area contributed by atoms with Gasteiger partial charge in [0.25, 0.3) is 0 Å². The quantitative estimate of drug-likeness (QED) is 0.907. The molecule has 0 saturated carbocycles. The number of ether oxygens (including phenoxy) is 2. The van der Waals surface area contributed by atoms with Crippen LogP contribution in [0.5, 0.6) is 11.5 Å². The van der Waals surface area contributed by atoms with E-state index in [2.05, 4.69) is 50.0 Å². The summed E-state index contributed by atoms with van der Waals surface area (Å²) in [5.41, 5.74) is 2.57. The fourth-order valence-corrected chi connectivity index (χ4v) is 3.34. The largest absolute Gasteiger partial charge is 0.496 e. The van der Waals surface area contributed by atoms with Gasteiger partial charge in [-0.05, 0) is 25.8 Å². The summed E-state index contributed by atoms with van der Waals surface area (Å²) >= 11 is 0. The minimum absolute atomic E-state index is 0.166. The summed E-state index contributed by atoms with van der Waals surface area (Å²) in [6.07, 6.45) is 0. The maximum absolute atomic E-state index is 5.75. The number of hydrogen-bond acceptors (Lipinski definition) is 4. The van der Waals surface area contributed by atoms with Crippen molar-refractivity contribution in [3.8, 4) is 11.5 Å². The Bertz CT molecular complexity index is 512. The van der Waals surface area contributed by atoms with Crippen molar-refractivity contribution in [2.24, 2.45) is 0 Å². The van der Waals surface area contributed by atoms with E-state index < -0.39 is 0 Å². The van der Waals surface area contributed by atoms with E-state index >= 15 is 0 Å². The highest BCUT2D eigenvalue weighted by atomic mass is 16.5. The number of rotatable bonds is 5. The zero-order valence-electron chi connectivity index (χ0n) is 14.8. The van der Waals surface area contributed by atoms with E-state index in [1.165, 1.54) is 5.56 Å². The van der Waals surface area contributed by atoms with Crippen molar-refractivity contribution in [3.05, 3.63) is 23.3 Å². The summed E-state index contributed by atoms with van der Waals surface area (Å²) in [6.45, 7) is 12.9. The molecule has 1 aliphatic rings. The monoisotopic (exact) mass is 306 g/mol. The lowest BCUT2D eigenvalue weighted by atomic mass is 9.96. The Hall–Kier alpha value is -1.26. The maximum Gasteiger partial charge on any atom is 0.130 e. The average Bonchev–Trinajstić information content (AvgIpc) is 2.45. The molecule has 1 N–H and O–H groups in total. The minimum Gasteiger partial charge on any atom is -0.496 e. The van der Waals surface area contributed by atoms with E-state index in [0.717, 1.165) is 43.2 Å². The third kappa shape index (κ3) is 3.73. The Morgan fingerprint density at radius 1 is 1.23 bits per heavy atom. The predicted molar refractivity (Wildman–Crippen MR) is 91.0 cm³/mol. The molecular weight excluding hydrogens is 276 g/mol. The fraction of sp³-hybridized carbons (Fsp3) is 0.667. The Labute approximate surface area is 134 Å². The lowest BCUT2D eigenvalue weighted by molar-refractivity contribution is 0.147. The van der Waals surface area contributed by atoms with Crippen LogP contribution in [0.4, 0.5) is 0 Å². The van der Waals surface area contributed by atoms with Gasteiger partial charge >= 0.3 is 0 Å². The van der Waals surface area contributed by atoms with Gasteiger partial charge < -0.3 is 14.8 Å². The molecular formula is C18H30N2O2. The molecule has 1 fully saturated rings. The molecule has 4 heteroatoms. The molecule has 0 bridgehead atoms. The van der Waals surface area contributed by atoms with Crippen LogP contribution in [0.3, 0.4) is 0 Å². The van der Waals surface area contributed by atoms with Gasteiger partial charge in [-0.25, -0.2) is 0 Å². The second-order valence-electron chi connectivity index (χ2n) is 7.05. The second-order valence-corrected chi connectivity index (χ2v) is 7.05. The van der Waals surface area contributed by atoms with Crippen LogP contribution in [0.1, 0.15) is 44.7 Å². The van der Waals surface area contributed by atoms with Crippen LogP contribution in [-0.4, -0.2) is 44.3 Å². The molecule has 4 nitrogen and oxygen atoms in total. The van der Waals surface area contributed by atoms with Gasteiger partial charge in [0.15, 0.2) is 0 Å². The van der Waals surface area contributed by atoms with E-state index in [4.69, 9.17) is 9.47 Å². The molecule has 0 amide bonds. The molecule has 2 rings (SSSR count). The van der Waals surface area contributed by atoms with Gasteiger partial charge in [0, 0.05) is 42.8 Å². The van der Waals surface area contributed by atoms with Crippen molar-refractivity contribution in [3.63, 3.8) is 0 Å². The van der Waals surface area contributed by atoms with Crippen LogP contribution in [0.25, 0.3) is 0 Å². The second kappa shape index (κ2) is 6.88. The van der Waals surface area contributed by atoms with Crippen LogP contribution in [0, 0.1) is 0 Å². The van der Waals surface area contributed by atoms with Crippen molar-refractivity contribution in [2.45, 2.75) is 45.7 Å². The highest BCUT2D eigenvalue weighted by Crippen LogP contribution is 2.38. The number of piperazine rings is 1. The highest BCUT2D eigenvalue weighted by molar-refractivity contribution is 5.51. The van der Waals surface area contributed by atoms with E-state index in [-0.39, 0.29) is 5.54 Å². The van der Waals surface area contributed by atoms with Gasteiger partial charge in [-0.15, -0.1) is 0 Å². The van der Waals surface area contributed by atoms with E-state index in [0.29, 0.717) is 5.92 Å². The first-order chi connectivity index (χ1) is 10.4. The number of nitrogens with zero attached hydrogens (tertiary/aromatic N) is 1. The molecule has 124 valence electrons. The topological polar surface area (TPSA) is 33.7 Å². The first-order valence-electron chi connectivity index (χ1n) is 8.09. The molecule has 0 spiro atoms. The van der Waals surface area contributed by atoms with Gasteiger partial charge in [-0.1, -0.05) is 19.9 Å². The Morgan fingerprint density at radius 3 is 2.50 bits per heavy atom. The van der Waals surface area contributed by atoms with Crippen LogP contribution in [0.2, 0.25) is 0 Å². The van der Waals surface area contributed by atoms with Crippen molar-refractivity contribution >= 4 is 0 Å². The molecule has 0 aromatic heterocycles. The van der Waals surface area contributed by atoms with Crippen LogP contribution < -0.4 is 14.8 Å². The predicted octanol–water partition coefficient (Wildman–Crippen LogP) is 3.01. The van der Waals surface area contributed by atoms with Crippen LogP contribution >= 0.6 is 0 Å². The number of benzene rings is 1. The van der Waals surface area contributed by atoms with E-state index in [9.17, 15) is 0 Å². The SMILES string of the molecule is COc1ccc(CN2CCNC(C)(C)C2)c(OC)c1C(C)C. The zero-order valence-corrected chi connectivity index (χ0v) is 14.8. The van der Waals surface area contributed by atoms with Crippen molar-refractivity contribution < 1.29 is 9.47 Å². The van der Waals surface area contributed by atoms with Gasteiger partial charge in [0.05, 0.1) is 14.2 Å². The highest BCUT2D eigenvalue weighted by Gasteiger charge is 2.27. The number of hydrogen-bond donors (Lipinski definition) is 1. The summed E-state index contributed by atoms with van der Waals surface area (Å²) in [4.78, 5) is 2.49. The molecule has 0 unspecified atom stereocenters. The van der Waals surface area contributed by atoms with Gasteiger partial charge in [0.1, 0.15) is 11.5 Å². The lowest BCUT2D eigenvalue weighted by Gasteiger charge is -2.39. The first-order valence-corrected chi connectivity index (χ1v) is 8.09. The molecule has 1 aromatic carbocycles.